The molecule has 7 heteroatoms. The monoisotopic (exact) mass is 423 g/mol. The van der Waals surface area contributed by atoms with E-state index in [1.807, 2.05) is 49.4 Å². The minimum absolute atomic E-state index is 0.136. The lowest BCUT2D eigenvalue weighted by Gasteiger charge is -2.13. The Labute approximate surface area is 180 Å². The minimum Gasteiger partial charge on any atom is -0.444 e. The summed E-state index contributed by atoms with van der Waals surface area (Å²) in [6, 6.07) is 19.5. The summed E-state index contributed by atoms with van der Waals surface area (Å²) in [7, 11) is 0. The third-order valence-electron chi connectivity index (χ3n) is 4.53. The molecule has 4 N–H and O–H groups in total. The van der Waals surface area contributed by atoms with Crippen molar-refractivity contribution in [1.82, 2.24) is 0 Å². The van der Waals surface area contributed by atoms with Gasteiger partial charge in [0.2, 0.25) is 0 Å². The molecule has 0 bridgehead atoms. The molecule has 0 unspecified atom stereocenters. The highest BCUT2D eigenvalue weighted by atomic mass is 35.5. The van der Waals surface area contributed by atoms with E-state index in [4.69, 9.17) is 22.1 Å². The van der Waals surface area contributed by atoms with Gasteiger partial charge >= 0.3 is 6.09 Å². The molecule has 0 aliphatic rings. The molecular formula is C23H22ClN3O3. The number of ether oxygens (including phenoxy) is 1. The van der Waals surface area contributed by atoms with Crippen LogP contribution in [0.4, 0.5) is 16.2 Å². The number of nitrogens with one attached hydrogen (secondary N) is 2. The van der Waals surface area contributed by atoms with Crippen LogP contribution >= 0.6 is 11.6 Å². The van der Waals surface area contributed by atoms with Crippen molar-refractivity contribution in [2.45, 2.75) is 20.1 Å². The van der Waals surface area contributed by atoms with Gasteiger partial charge in [0, 0.05) is 28.5 Å². The first-order chi connectivity index (χ1) is 14.5. The molecule has 0 aromatic heterocycles. The summed E-state index contributed by atoms with van der Waals surface area (Å²) in [5.74, 6) is -0.351. The summed E-state index contributed by atoms with van der Waals surface area (Å²) in [5.41, 5.74) is 9.77. The van der Waals surface area contributed by atoms with E-state index in [1.165, 1.54) is 12.1 Å². The van der Waals surface area contributed by atoms with E-state index in [0.29, 0.717) is 28.5 Å². The minimum atomic E-state index is -0.640. The molecule has 0 atom stereocenters. The third kappa shape index (κ3) is 5.59. The average Bonchev–Trinajstić information content (AvgIpc) is 2.74. The lowest BCUT2D eigenvalue weighted by Crippen LogP contribution is -2.16. The smallest absolute Gasteiger partial charge is 0.411 e. The zero-order chi connectivity index (χ0) is 21.5. The first-order valence-corrected chi connectivity index (χ1v) is 9.72. The Morgan fingerprint density at radius 1 is 1.00 bits per heavy atom. The second kappa shape index (κ2) is 9.91. The molecule has 0 fully saturated rings. The Morgan fingerprint density at radius 2 is 1.77 bits per heavy atom. The molecule has 30 heavy (non-hydrogen) atoms. The standard InChI is InChI=1S/C23H22ClN3O3/c1-15-17(13-25)8-5-9-21(15)27-22(28)18-10-19(24)12-20(11-18)26-23(29)30-14-16-6-3-2-4-7-16/h2-12H,13-14,25H2,1H3,(H,26,29)(H,27,28). The normalized spacial score (nSPS) is 10.4. The Balaban J connectivity index is 1.68. The second-order valence-electron chi connectivity index (χ2n) is 6.66. The summed E-state index contributed by atoms with van der Waals surface area (Å²) in [6.45, 7) is 2.41. The van der Waals surface area contributed by atoms with Gasteiger partial charge in [-0.25, -0.2) is 4.79 Å². The summed E-state index contributed by atoms with van der Waals surface area (Å²) in [6.07, 6.45) is -0.640. The fourth-order valence-electron chi connectivity index (χ4n) is 2.90. The van der Waals surface area contributed by atoms with Gasteiger partial charge in [0.25, 0.3) is 5.91 Å². The fourth-order valence-corrected chi connectivity index (χ4v) is 3.14. The summed E-state index contributed by atoms with van der Waals surface area (Å²) < 4.78 is 5.20. The summed E-state index contributed by atoms with van der Waals surface area (Å²) in [4.78, 5) is 24.8. The number of hydrogen-bond donors (Lipinski definition) is 3. The predicted octanol–water partition coefficient (Wildman–Crippen LogP) is 5.11. The van der Waals surface area contributed by atoms with E-state index < -0.39 is 6.09 Å². The van der Waals surface area contributed by atoms with Gasteiger partial charge in [-0.1, -0.05) is 54.1 Å². The number of anilines is 2. The number of carbonyl (C=O) groups is 2. The highest BCUT2D eigenvalue weighted by Crippen LogP contribution is 2.23. The molecule has 3 aromatic carbocycles. The van der Waals surface area contributed by atoms with Crippen LogP contribution < -0.4 is 16.4 Å². The molecule has 0 aliphatic heterocycles. The van der Waals surface area contributed by atoms with E-state index in [9.17, 15) is 9.59 Å². The predicted molar refractivity (Wildman–Crippen MR) is 119 cm³/mol. The molecule has 3 aromatic rings. The van der Waals surface area contributed by atoms with Crippen LogP contribution in [0.3, 0.4) is 0 Å². The van der Waals surface area contributed by atoms with Gasteiger partial charge in [-0.05, 0) is 47.9 Å². The van der Waals surface area contributed by atoms with Crippen LogP contribution in [-0.4, -0.2) is 12.0 Å². The number of hydrogen-bond acceptors (Lipinski definition) is 4. The zero-order valence-electron chi connectivity index (χ0n) is 16.4. The maximum absolute atomic E-state index is 12.7. The van der Waals surface area contributed by atoms with Crippen molar-refractivity contribution in [2.24, 2.45) is 5.73 Å². The van der Waals surface area contributed by atoms with Crippen molar-refractivity contribution in [3.63, 3.8) is 0 Å². The maximum Gasteiger partial charge on any atom is 0.411 e. The van der Waals surface area contributed by atoms with Crippen molar-refractivity contribution >= 4 is 35.0 Å². The van der Waals surface area contributed by atoms with E-state index in [-0.39, 0.29) is 12.5 Å². The number of rotatable bonds is 6. The molecule has 2 amide bonds. The maximum atomic E-state index is 12.7. The number of carbonyl (C=O) groups excluding carboxylic acids is 2. The fraction of sp³-hybridized carbons (Fsp3) is 0.130. The Kier molecular flexibility index (Phi) is 7.06. The topological polar surface area (TPSA) is 93.5 Å². The first kappa shape index (κ1) is 21.4. The van der Waals surface area contributed by atoms with Crippen LogP contribution in [-0.2, 0) is 17.9 Å². The van der Waals surface area contributed by atoms with Crippen LogP contribution in [0.5, 0.6) is 0 Å². The number of amides is 2. The van der Waals surface area contributed by atoms with E-state index in [0.717, 1.165) is 16.7 Å². The Hall–Kier alpha value is -3.35. The Bertz CT molecular complexity index is 1050. The first-order valence-electron chi connectivity index (χ1n) is 9.34. The molecule has 3 rings (SSSR count). The lowest BCUT2D eigenvalue weighted by atomic mass is 10.1. The van der Waals surface area contributed by atoms with Crippen LogP contribution in [0.25, 0.3) is 0 Å². The average molecular weight is 424 g/mol. The van der Waals surface area contributed by atoms with Crippen LogP contribution in [0.15, 0.2) is 66.7 Å². The van der Waals surface area contributed by atoms with Gasteiger partial charge in [-0.3, -0.25) is 10.1 Å². The largest absolute Gasteiger partial charge is 0.444 e. The summed E-state index contributed by atoms with van der Waals surface area (Å²) in [5, 5.41) is 5.77. The van der Waals surface area contributed by atoms with Crippen molar-refractivity contribution in [2.75, 3.05) is 10.6 Å². The molecule has 6 nitrogen and oxygen atoms in total. The van der Waals surface area contributed by atoms with Crippen molar-refractivity contribution < 1.29 is 14.3 Å². The van der Waals surface area contributed by atoms with Gasteiger partial charge < -0.3 is 15.8 Å². The molecular weight excluding hydrogens is 402 g/mol. The number of nitrogens with two attached hydrogens (primary N) is 1. The molecule has 0 saturated carbocycles. The molecule has 0 radical (unpaired) electrons. The molecule has 0 saturated heterocycles. The van der Waals surface area contributed by atoms with Gasteiger partial charge in [0.1, 0.15) is 6.61 Å². The third-order valence-corrected chi connectivity index (χ3v) is 4.75. The molecule has 0 heterocycles. The lowest BCUT2D eigenvalue weighted by molar-refractivity contribution is 0.102. The quantitative estimate of drug-likeness (QED) is 0.513. The van der Waals surface area contributed by atoms with Crippen molar-refractivity contribution in [3.8, 4) is 0 Å². The van der Waals surface area contributed by atoms with Gasteiger partial charge in [-0.2, -0.15) is 0 Å². The van der Waals surface area contributed by atoms with Crippen LogP contribution in [0.1, 0.15) is 27.0 Å². The molecule has 154 valence electrons. The molecule has 0 aliphatic carbocycles. The van der Waals surface area contributed by atoms with Crippen molar-refractivity contribution in [1.29, 1.82) is 0 Å². The summed E-state index contributed by atoms with van der Waals surface area (Å²) >= 11 is 6.14. The van der Waals surface area contributed by atoms with Crippen LogP contribution in [0.2, 0.25) is 5.02 Å². The van der Waals surface area contributed by atoms with E-state index in [2.05, 4.69) is 10.6 Å². The van der Waals surface area contributed by atoms with Gasteiger partial charge in [0.15, 0.2) is 0 Å². The second-order valence-corrected chi connectivity index (χ2v) is 7.10. The van der Waals surface area contributed by atoms with Gasteiger partial charge in [-0.15, -0.1) is 0 Å². The highest BCUT2D eigenvalue weighted by molar-refractivity contribution is 6.31. The van der Waals surface area contributed by atoms with E-state index in [1.54, 1.807) is 12.1 Å². The molecule has 0 spiro atoms. The van der Waals surface area contributed by atoms with Crippen LogP contribution in [0, 0.1) is 6.92 Å². The number of halogens is 1. The highest BCUT2D eigenvalue weighted by Gasteiger charge is 2.13. The van der Waals surface area contributed by atoms with Gasteiger partial charge in [0.05, 0.1) is 0 Å². The van der Waals surface area contributed by atoms with Crippen molar-refractivity contribution in [3.05, 3.63) is 94.0 Å². The number of benzene rings is 3. The van der Waals surface area contributed by atoms with E-state index >= 15 is 0 Å². The SMILES string of the molecule is Cc1c(CN)cccc1NC(=O)c1cc(Cl)cc(NC(=O)OCc2ccccc2)c1. The zero-order valence-corrected chi connectivity index (χ0v) is 17.2. The Morgan fingerprint density at radius 3 is 2.50 bits per heavy atom.